The van der Waals surface area contributed by atoms with Crippen molar-refractivity contribution in [2.75, 3.05) is 31.8 Å². The third kappa shape index (κ3) is 4.20. The first kappa shape index (κ1) is 20.1. The van der Waals surface area contributed by atoms with E-state index in [0.717, 1.165) is 40.8 Å². The molecule has 0 bridgehead atoms. The molecule has 2 aromatic heterocycles. The molecule has 4 rings (SSSR count). The standard InChI is InChI=1S/C21H26N6O3/c1-14-12-29-10-9-27(14)19-11-18(20-15(2)24-25-26(20)3)22-21(23-19)30-13-16-5-7-17(28-4)8-6-16/h5-8,11,14H,9-10,12-13H2,1-4H3/t14-/m1/s1. The fourth-order valence-corrected chi connectivity index (χ4v) is 3.49. The number of morpholine rings is 1. The van der Waals surface area contributed by atoms with E-state index < -0.39 is 0 Å². The topological polar surface area (TPSA) is 87.4 Å². The molecule has 1 atom stereocenters. The maximum Gasteiger partial charge on any atom is 0.319 e. The summed E-state index contributed by atoms with van der Waals surface area (Å²) in [7, 11) is 3.50. The Balaban J connectivity index is 1.66. The van der Waals surface area contributed by atoms with Gasteiger partial charge >= 0.3 is 6.01 Å². The molecule has 0 amide bonds. The molecule has 1 saturated heterocycles. The minimum atomic E-state index is 0.210. The number of hydrogen-bond donors (Lipinski definition) is 0. The van der Waals surface area contributed by atoms with Crippen molar-refractivity contribution < 1.29 is 14.2 Å². The Bertz CT molecular complexity index is 985. The van der Waals surface area contributed by atoms with Crippen molar-refractivity contribution >= 4 is 5.82 Å². The lowest BCUT2D eigenvalue weighted by atomic mass is 10.2. The molecule has 1 aliphatic heterocycles. The highest BCUT2D eigenvalue weighted by Gasteiger charge is 2.23. The van der Waals surface area contributed by atoms with Crippen LogP contribution in [0.3, 0.4) is 0 Å². The number of aryl methyl sites for hydroxylation is 2. The number of anilines is 1. The Morgan fingerprint density at radius 1 is 1.20 bits per heavy atom. The zero-order valence-corrected chi connectivity index (χ0v) is 17.7. The Hall–Kier alpha value is -3.20. The van der Waals surface area contributed by atoms with Gasteiger partial charge in [-0.1, -0.05) is 17.3 Å². The van der Waals surface area contributed by atoms with Crippen LogP contribution in [-0.4, -0.2) is 57.9 Å². The van der Waals surface area contributed by atoms with Gasteiger partial charge in [0.2, 0.25) is 0 Å². The summed E-state index contributed by atoms with van der Waals surface area (Å²) in [6.45, 7) is 6.48. The normalized spacial score (nSPS) is 16.5. The quantitative estimate of drug-likeness (QED) is 0.612. The molecule has 3 aromatic rings. The molecule has 0 saturated carbocycles. The van der Waals surface area contributed by atoms with Crippen LogP contribution in [-0.2, 0) is 18.4 Å². The van der Waals surface area contributed by atoms with E-state index in [0.29, 0.717) is 25.8 Å². The smallest absolute Gasteiger partial charge is 0.319 e. The van der Waals surface area contributed by atoms with Crippen molar-refractivity contribution in [3.63, 3.8) is 0 Å². The predicted octanol–water partition coefficient (Wildman–Crippen LogP) is 2.39. The number of aromatic nitrogens is 5. The van der Waals surface area contributed by atoms with Crippen LogP contribution in [0.5, 0.6) is 11.8 Å². The van der Waals surface area contributed by atoms with Gasteiger partial charge in [-0.05, 0) is 31.5 Å². The average Bonchev–Trinajstić information content (AvgIpc) is 3.10. The summed E-state index contributed by atoms with van der Waals surface area (Å²) in [5.74, 6) is 1.61. The lowest BCUT2D eigenvalue weighted by Gasteiger charge is -2.34. The first-order valence-corrected chi connectivity index (χ1v) is 9.91. The summed E-state index contributed by atoms with van der Waals surface area (Å²) in [5.41, 5.74) is 3.38. The second-order valence-electron chi connectivity index (χ2n) is 7.30. The molecule has 0 radical (unpaired) electrons. The minimum absolute atomic E-state index is 0.210. The zero-order valence-electron chi connectivity index (χ0n) is 17.7. The molecule has 1 fully saturated rings. The van der Waals surface area contributed by atoms with E-state index in [1.165, 1.54) is 0 Å². The minimum Gasteiger partial charge on any atom is -0.497 e. The lowest BCUT2D eigenvalue weighted by molar-refractivity contribution is 0.0984. The van der Waals surface area contributed by atoms with Crippen LogP contribution in [0, 0.1) is 6.92 Å². The van der Waals surface area contributed by atoms with Crippen molar-refractivity contribution in [3.05, 3.63) is 41.6 Å². The molecule has 30 heavy (non-hydrogen) atoms. The summed E-state index contributed by atoms with van der Waals surface area (Å²) in [6.07, 6.45) is 0. The summed E-state index contributed by atoms with van der Waals surface area (Å²) in [6, 6.07) is 10.2. The van der Waals surface area contributed by atoms with E-state index in [1.54, 1.807) is 11.8 Å². The molecular weight excluding hydrogens is 384 g/mol. The molecule has 0 aliphatic carbocycles. The maximum atomic E-state index is 5.98. The van der Waals surface area contributed by atoms with Crippen molar-refractivity contribution in [1.29, 1.82) is 0 Å². The fourth-order valence-electron chi connectivity index (χ4n) is 3.49. The van der Waals surface area contributed by atoms with Crippen LogP contribution in [0.25, 0.3) is 11.4 Å². The fraction of sp³-hybridized carbons (Fsp3) is 0.429. The van der Waals surface area contributed by atoms with Gasteiger partial charge in [-0.25, -0.2) is 4.68 Å². The van der Waals surface area contributed by atoms with Crippen molar-refractivity contribution in [2.45, 2.75) is 26.5 Å². The summed E-state index contributed by atoms with van der Waals surface area (Å²) in [5, 5.41) is 8.26. The molecule has 9 nitrogen and oxygen atoms in total. The Morgan fingerprint density at radius 3 is 2.67 bits per heavy atom. The van der Waals surface area contributed by atoms with Crippen LogP contribution in [0.1, 0.15) is 18.2 Å². The van der Waals surface area contributed by atoms with E-state index >= 15 is 0 Å². The Kier molecular flexibility index (Phi) is 5.80. The monoisotopic (exact) mass is 410 g/mol. The number of benzene rings is 1. The number of rotatable bonds is 6. The van der Waals surface area contributed by atoms with Gasteiger partial charge < -0.3 is 19.1 Å². The molecule has 0 unspecified atom stereocenters. The van der Waals surface area contributed by atoms with Crippen LogP contribution in [0.4, 0.5) is 5.82 Å². The van der Waals surface area contributed by atoms with E-state index in [9.17, 15) is 0 Å². The summed E-state index contributed by atoms with van der Waals surface area (Å²) < 4.78 is 18.5. The van der Waals surface area contributed by atoms with E-state index in [4.69, 9.17) is 14.2 Å². The van der Waals surface area contributed by atoms with Gasteiger partial charge in [0.05, 0.1) is 37.8 Å². The van der Waals surface area contributed by atoms with Gasteiger partial charge in [-0.3, -0.25) is 0 Å². The van der Waals surface area contributed by atoms with Crippen molar-refractivity contribution in [2.24, 2.45) is 7.05 Å². The number of nitrogens with zero attached hydrogens (tertiary/aromatic N) is 6. The van der Waals surface area contributed by atoms with Gasteiger partial charge in [0.25, 0.3) is 0 Å². The third-order valence-electron chi connectivity index (χ3n) is 5.12. The molecule has 9 heteroatoms. The second-order valence-corrected chi connectivity index (χ2v) is 7.30. The van der Waals surface area contributed by atoms with Crippen molar-refractivity contribution in [3.8, 4) is 23.1 Å². The van der Waals surface area contributed by atoms with Crippen LogP contribution >= 0.6 is 0 Å². The van der Waals surface area contributed by atoms with Gasteiger partial charge in [0, 0.05) is 19.7 Å². The second kappa shape index (κ2) is 8.66. The highest BCUT2D eigenvalue weighted by atomic mass is 16.5. The van der Waals surface area contributed by atoms with Gasteiger partial charge in [-0.15, -0.1) is 5.10 Å². The van der Waals surface area contributed by atoms with Gasteiger partial charge in [0.15, 0.2) is 0 Å². The van der Waals surface area contributed by atoms with Crippen LogP contribution in [0.2, 0.25) is 0 Å². The SMILES string of the molecule is COc1ccc(COc2nc(-c3c(C)nnn3C)cc(N3CCOC[C@H]3C)n2)cc1. The average molecular weight is 410 g/mol. The number of ether oxygens (including phenoxy) is 3. The van der Waals surface area contributed by atoms with Gasteiger partial charge in [0.1, 0.15) is 23.9 Å². The first-order valence-electron chi connectivity index (χ1n) is 9.91. The van der Waals surface area contributed by atoms with E-state index in [2.05, 4.69) is 32.1 Å². The molecule has 3 heterocycles. The molecule has 0 spiro atoms. The largest absolute Gasteiger partial charge is 0.497 e. The third-order valence-corrected chi connectivity index (χ3v) is 5.12. The Labute approximate surface area is 175 Å². The maximum absolute atomic E-state index is 5.98. The Morgan fingerprint density at radius 2 is 2.00 bits per heavy atom. The van der Waals surface area contributed by atoms with E-state index in [-0.39, 0.29) is 6.04 Å². The zero-order chi connectivity index (χ0) is 21.1. The highest BCUT2D eigenvalue weighted by Crippen LogP contribution is 2.27. The molecule has 0 N–H and O–H groups in total. The summed E-state index contributed by atoms with van der Waals surface area (Å²) >= 11 is 0. The molecule has 1 aliphatic rings. The lowest BCUT2D eigenvalue weighted by Crippen LogP contribution is -2.44. The van der Waals surface area contributed by atoms with Crippen molar-refractivity contribution in [1.82, 2.24) is 25.0 Å². The highest BCUT2D eigenvalue weighted by molar-refractivity contribution is 5.62. The van der Waals surface area contributed by atoms with Crippen LogP contribution in [0.15, 0.2) is 30.3 Å². The first-order chi connectivity index (χ1) is 14.5. The number of methoxy groups -OCH3 is 1. The molecule has 158 valence electrons. The van der Waals surface area contributed by atoms with Gasteiger partial charge in [-0.2, -0.15) is 9.97 Å². The predicted molar refractivity (Wildman–Crippen MR) is 112 cm³/mol. The van der Waals surface area contributed by atoms with E-state index in [1.807, 2.05) is 44.3 Å². The summed E-state index contributed by atoms with van der Waals surface area (Å²) in [4.78, 5) is 11.6. The molecule has 1 aromatic carbocycles. The molecular formula is C21H26N6O3. The van der Waals surface area contributed by atoms with Crippen LogP contribution < -0.4 is 14.4 Å². The number of hydrogen-bond acceptors (Lipinski definition) is 8.